The van der Waals surface area contributed by atoms with Gasteiger partial charge in [0.05, 0.1) is 22.4 Å². The normalized spacial score (nSPS) is 11.4. The van der Waals surface area contributed by atoms with Crippen LogP contribution in [-0.4, -0.2) is 29.6 Å². The van der Waals surface area contributed by atoms with E-state index in [1.54, 1.807) is 30.3 Å². The molecule has 0 fully saturated rings. The molecular weight excluding hydrogens is 463 g/mol. The van der Waals surface area contributed by atoms with Crippen molar-refractivity contribution in [3.63, 3.8) is 0 Å². The minimum Gasteiger partial charge on any atom is -0.451 e. The van der Waals surface area contributed by atoms with Gasteiger partial charge in [-0.25, -0.2) is 4.79 Å². The number of nitro groups is 1. The quantitative estimate of drug-likeness (QED) is 0.209. The summed E-state index contributed by atoms with van der Waals surface area (Å²) in [6.07, 6.45) is -3.38. The van der Waals surface area contributed by atoms with Crippen LogP contribution in [0.1, 0.15) is 20.8 Å². The fraction of sp³-hybridized carbons (Fsp3) is 0.0952. The third kappa shape index (κ3) is 6.23. The van der Waals surface area contributed by atoms with E-state index < -0.39 is 35.1 Å². The summed E-state index contributed by atoms with van der Waals surface area (Å²) in [5, 5.41) is 15.1. The molecule has 170 valence electrons. The van der Waals surface area contributed by atoms with Crippen LogP contribution in [0.4, 0.5) is 23.9 Å². The average molecular weight is 477 g/mol. The van der Waals surface area contributed by atoms with Crippen LogP contribution in [-0.2, 0) is 15.7 Å². The number of carbonyl (C=O) groups is 2. The topological polar surface area (TPSA) is 102 Å². The Hall–Kier alpha value is -4.06. The molecule has 0 saturated carbocycles. The molecule has 8 nitrogen and oxygen atoms in total. The van der Waals surface area contributed by atoms with E-state index in [0.717, 1.165) is 24.3 Å². The maximum Gasteiger partial charge on any atom is 0.416 e. The van der Waals surface area contributed by atoms with Crippen LogP contribution in [0.15, 0.2) is 71.8 Å². The lowest BCUT2D eigenvalue weighted by Gasteiger charge is -2.18. The van der Waals surface area contributed by atoms with E-state index in [1.165, 1.54) is 18.3 Å². The number of nitrogens with zero attached hydrogens (tertiary/aromatic N) is 3. The van der Waals surface area contributed by atoms with Crippen molar-refractivity contribution in [1.29, 1.82) is 0 Å². The lowest BCUT2D eigenvalue weighted by molar-refractivity contribution is -0.380. The Morgan fingerprint density at radius 1 is 1.09 bits per heavy atom. The minimum atomic E-state index is -4.64. The van der Waals surface area contributed by atoms with Crippen molar-refractivity contribution >= 4 is 40.1 Å². The van der Waals surface area contributed by atoms with Crippen molar-refractivity contribution in [2.75, 3.05) is 11.6 Å². The fourth-order valence-corrected chi connectivity index (χ4v) is 3.26. The standard InChI is InChI=1S/C21H14F3N3O5S/c22-21(23,24)15-7-4-8-16(11-15)26(25-12-14-5-2-1-3-6-14)18(28)13-32-20(29)17-9-10-19(33-17)27(30)31/h1-12H,13H2/b25-12-. The number of benzene rings is 2. The van der Waals surface area contributed by atoms with Crippen molar-refractivity contribution in [3.05, 3.63) is 92.8 Å². The van der Waals surface area contributed by atoms with Crippen LogP contribution in [0.5, 0.6) is 0 Å². The highest BCUT2D eigenvalue weighted by atomic mass is 32.1. The number of hydrogen-bond acceptors (Lipinski definition) is 7. The maximum atomic E-state index is 13.1. The second kappa shape index (κ2) is 10.0. The number of anilines is 1. The molecule has 1 heterocycles. The summed E-state index contributed by atoms with van der Waals surface area (Å²) < 4.78 is 44.3. The smallest absolute Gasteiger partial charge is 0.416 e. The van der Waals surface area contributed by atoms with Crippen molar-refractivity contribution in [1.82, 2.24) is 0 Å². The molecule has 0 bridgehead atoms. The molecule has 0 spiro atoms. The van der Waals surface area contributed by atoms with Crippen LogP contribution >= 0.6 is 11.3 Å². The molecular formula is C21H14F3N3O5S. The Morgan fingerprint density at radius 3 is 2.45 bits per heavy atom. The van der Waals surface area contributed by atoms with Gasteiger partial charge < -0.3 is 4.74 Å². The van der Waals surface area contributed by atoms with Gasteiger partial charge in [-0.15, -0.1) is 0 Å². The second-order valence-electron chi connectivity index (χ2n) is 6.38. The highest BCUT2D eigenvalue weighted by Gasteiger charge is 2.31. The van der Waals surface area contributed by atoms with E-state index in [9.17, 15) is 32.9 Å². The fourth-order valence-electron chi connectivity index (χ4n) is 2.55. The molecule has 3 rings (SSSR count). The SMILES string of the molecule is O=C(OCC(=O)N(/N=C\c1ccccc1)c1cccc(C(F)(F)F)c1)c1ccc([N+](=O)[O-])s1. The van der Waals surface area contributed by atoms with Gasteiger partial charge in [-0.2, -0.15) is 23.3 Å². The molecule has 0 aliphatic rings. The number of hydrogen-bond donors (Lipinski definition) is 0. The van der Waals surface area contributed by atoms with E-state index in [2.05, 4.69) is 5.10 Å². The highest BCUT2D eigenvalue weighted by Crippen LogP contribution is 2.32. The number of halogens is 3. The lowest BCUT2D eigenvalue weighted by Crippen LogP contribution is -2.30. The molecule has 3 aromatic rings. The van der Waals surface area contributed by atoms with Gasteiger partial charge in [-0.05, 0) is 29.8 Å². The third-order valence-electron chi connectivity index (χ3n) is 4.08. The molecule has 0 saturated heterocycles. The molecule has 33 heavy (non-hydrogen) atoms. The minimum absolute atomic E-state index is 0.104. The zero-order valence-electron chi connectivity index (χ0n) is 16.6. The first-order valence-corrected chi connectivity index (χ1v) is 9.97. The lowest BCUT2D eigenvalue weighted by atomic mass is 10.2. The summed E-state index contributed by atoms with van der Waals surface area (Å²) >= 11 is 0.565. The van der Waals surface area contributed by atoms with Gasteiger partial charge >= 0.3 is 17.1 Å². The number of alkyl halides is 3. The number of rotatable bonds is 7. The Morgan fingerprint density at radius 2 is 1.82 bits per heavy atom. The largest absolute Gasteiger partial charge is 0.451 e. The second-order valence-corrected chi connectivity index (χ2v) is 7.44. The first-order valence-electron chi connectivity index (χ1n) is 9.16. The van der Waals surface area contributed by atoms with Crippen LogP contribution in [0.25, 0.3) is 0 Å². The Balaban J connectivity index is 1.82. The van der Waals surface area contributed by atoms with Gasteiger partial charge in [0.1, 0.15) is 4.88 Å². The first kappa shape index (κ1) is 23.6. The molecule has 0 radical (unpaired) electrons. The van der Waals surface area contributed by atoms with Crippen LogP contribution < -0.4 is 5.01 Å². The van der Waals surface area contributed by atoms with E-state index >= 15 is 0 Å². The molecule has 0 aliphatic heterocycles. The van der Waals surface area contributed by atoms with Crippen LogP contribution in [0.3, 0.4) is 0 Å². The maximum absolute atomic E-state index is 13.1. The Kier molecular flexibility index (Phi) is 7.18. The van der Waals surface area contributed by atoms with E-state index in [-0.39, 0.29) is 15.6 Å². The molecule has 0 unspecified atom stereocenters. The van der Waals surface area contributed by atoms with Crippen molar-refractivity contribution in [2.45, 2.75) is 6.18 Å². The third-order valence-corrected chi connectivity index (χ3v) is 5.09. The number of amides is 1. The van der Waals surface area contributed by atoms with Gasteiger partial charge in [0, 0.05) is 6.07 Å². The number of hydrazone groups is 1. The molecule has 12 heteroatoms. The van der Waals surface area contributed by atoms with Crippen LogP contribution in [0, 0.1) is 10.1 Å². The van der Waals surface area contributed by atoms with Gasteiger partial charge in [0.2, 0.25) is 0 Å². The summed E-state index contributed by atoms with van der Waals surface area (Å²) in [6, 6.07) is 14.7. The van der Waals surface area contributed by atoms with Crippen LogP contribution in [0.2, 0.25) is 0 Å². The zero-order chi connectivity index (χ0) is 24.0. The average Bonchev–Trinajstić information content (AvgIpc) is 3.29. The zero-order valence-corrected chi connectivity index (χ0v) is 17.4. The first-order chi connectivity index (χ1) is 15.6. The molecule has 0 atom stereocenters. The predicted molar refractivity (Wildman–Crippen MR) is 114 cm³/mol. The Labute approximate surface area is 188 Å². The summed E-state index contributed by atoms with van der Waals surface area (Å²) in [5.41, 5.74) is -0.606. The van der Waals surface area contributed by atoms with Gasteiger partial charge in [-0.1, -0.05) is 47.7 Å². The number of thiophene rings is 1. The summed E-state index contributed by atoms with van der Waals surface area (Å²) in [4.78, 5) is 34.8. The number of ether oxygens (including phenoxy) is 1. The van der Waals surface area contributed by atoms with Gasteiger partial charge in [0.15, 0.2) is 6.61 Å². The van der Waals surface area contributed by atoms with Gasteiger partial charge in [0.25, 0.3) is 5.91 Å². The highest BCUT2D eigenvalue weighted by molar-refractivity contribution is 7.17. The summed E-state index contributed by atoms with van der Waals surface area (Å²) in [7, 11) is 0. The monoisotopic (exact) mass is 477 g/mol. The molecule has 1 aromatic heterocycles. The van der Waals surface area contributed by atoms with Crippen molar-refractivity contribution in [2.24, 2.45) is 5.10 Å². The van der Waals surface area contributed by atoms with E-state index in [0.29, 0.717) is 21.9 Å². The number of esters is 1. The summed E-state index contributed by atoms with van der Waals surface area (Å²) in [5.74, 6) is -1.92. The molecule has 0 N–H and O–H groups in total. The van der Waals surface area contributed by atoms with Gasteiger partial charge in [-0.3, -0.25) is 14.9 Å². The molecule has 1 amide bonds. The Bertz CT molecular complexity index is 1200. The van der Waals surface area contributed by atoms with Crippen molar-refractivity contribution in [3.8, 4) is 0 Å². The number of carbonyl (C=O) groups excluding carboxylic acids is 2. The predicted octanol–water partition coefficient (Wildman–Crippen LogP) is 4.90. The van der Waals surface area contributed by atoms with Crippen molar-refractivity contribution < 1.29 is 32.4 Å². The molecule has 0 aliphatic carbocycles. The molecule has 2 aromatic carbocycles. The van der Waals surface area contributed by atoms with E-state index in [1.807, 2.05) is 0 Å². The summed E-state index contributed by atoms with van der Waals surface area (Å²) in [6.45, 7) is -0.854. The van der Waals surface area contributed by atoms with E-state index in [4.69, 9.17) is 4.74 Å².